The highest BCUT2D eigenvalue weighted by molar-refractivity contribution is 5.77. The molecule has 144 valence electrons. The van der Waals surface area contributed by atoms with Crippen LogP contribution in [-0.2, 0) is 11.2 Å². The van der Waals surface area contributed by atoms with Gasteiger partial charge in [0.15, 0.2) is 0 Å². The molecule has 2 atom stereocenters. The summed E-state index contributed by atoms with van der Waals surface area (Å²) in [7, 11) is 0. The van der Waals surface area contributed by atoms with Crippen molar-refractivity contribution in [2.24, 2.45) is 0 Å². The molecule has 1 aliphatic rings. The van der Waals surface area contributed by atoms with E-state index in [9.17, 15) is 10.0 Å². The molecule has 2 aromatic carbocycles. The van der Waals surface area contributed by atoms with Crippen LogP contribution in [0.2, 0.25) is 0 Å². The van der Waals surface area contributed by atoms with E-state index in [1.165, 1.54) is 36.8 Å². The Morgan fingerprint density at radius 1 is 0.852 bits per heavy atom. The first-order chi connectivity index (χ1) is 13.2. The lowest BCUT2D eigenvalue weighted by atomic mass is 9.84. The second-order valence-electron chi connectivity index (χ2n) is 7.73. The fraction of sp³-hybridized carbons (Fsp3) is 0.458. The fourth-order valence-electron chi connectivity index (χ4n) is 4.12. The molecule has 0 saturated carbocycles. The zero-order chi connectivity index (χ0) is 18.9. The zero-order valence-corrected chi connectivity index (χ0v) is 16.1. The average molecular weight is 366 g/mol. The Kier molecular flexibility index (Phi) is 7.46. The third kappa shape index (κ3) is 5.93. The van der Waals surface area contributed by atoms with Crippen molar-refractivity contribution < 1.29 is 10.0 Å². The first-order valence-corrected chi connectivity index (χ1v) is 10.3. The number of hydrogen-bond acceptors (Lipinski definition) is 2. The highest BCUT2D eigenvalue weighted by atomic mass is 16.5. The van der Waals surface area contributed by atoms with E-state index in [0.717, 1.165) is 30.7 Å². The summed E-state index contributed by atoms with van der Waals surface area (Å²) in [6, 6.07) is 20.8. The van der Waals surface area contributed by atoms with Gasteiger partial charge < -0.3 is 0 Å². The smallest absolute Gasteiger partial charge is 0.246 e. The van der Waals surface area contributed by atoms with Crippen molar-refractivity contribution in [3.63, 3.8) is 0 Å². The monoisotopic (exact) mass is 365 g/mol. The molecule has 3 nitrogen and oxygen atoms in total. The van der Waals surface area contributed by atoms with Crippen molar-refractivity contribution >= 4 is 5.91 Å². The van der Waals surface area contributed by atoms with E-state index in [-0.39, 0.29) is 17.9 Å². The van der Waals surface area contributed by atoms with Gasteiger partial charge in [-0.3, -0.25) is 10.0 Å². The molecule has 1 fully saturated rings. The maximum absolute atomic E-state index is 12.2. The summed E-state index contributed by atoms with van der Waals surface area (Å²) in [6.07, 6.45) is 9.26. The third-order valence-electron chi connectivity index (χ3n) is 5.70. The SMILES string of the molecule is O=C1CC(c2ccccc2)CC(CCCCCCCc2ccccc2)N1O. The number of piperidine rings is 1. The standard InChI is InChI=1S/C24H31NO2/c26-24-19-22(21-15-9-5-10-16-21)18-23(25(24)27)17-11-3-1-2-6-12-20-13-7-4-8-14-20/h4-5,7-10,13-16,22-23,27H,1-3,6,11-12,17-19H2. The van der Waals surface area contributed by atoms with Crippen LogP contribution in [-0.4, -0.2) is 22.2 Å². The van der Waals surface area contributed by atoms with E-state index in [0.29, 0.717) is 6.42 Å². The maximum atomic E-state index is 12.2. The normalized spacial score (nSPS) is 20.0. The van der Waals surface area contributed by atoms with Crippen molar-refractivity contribution in [3.8, 4) is 0 Å². The third-order valence-corrected chi connectivity index (χ3v) is 5.70. The Balaban J connectivity index is 1.36. The molecule has 3 rings (SSSR count). The van der Waals surface area contributed by atoms with Gasteiger partial charge in [-0.25, -0.2) is 5.06 Å². The maximum Gasteiger partial charge on any atom is 0.246 e. The molecule has 2 unspecified atom stereocenters. The predicted molar refractivity (Wildman–Crippen MR) is 109 cm³/mol. The second kappa shape index (κ2) is 10.3. The van der Waals surface area contributed by atoms with E-state index >= 15 is 0 Å². The topological polar surface area (TPSA) is 40.5 Å². The van der Waals surface area contributed by atoms with Crippen molar-refractivity contribution in [2.75, 3.05) is 0 Å². The molecule has 1 aliphatic heterocycles. The number of carbonyl (C=O) groups is 1. The Hall–Kier alpha value is -2.13. The largest absolute Gasteiger partial charge is 0.286 e. The summed E-state index contributed by atoms with van der Waals surface area (Å²) in [5.41, 5.74) is 2.63. The van der Waals surface area contributed by atoms with Gasteiger partial charge in [0.05, 0.1) is 6.04 Å². The number of carbonyl (C=O) groups excluding carboxylic acids is 1. The van der Waals surface area contributed by atoms with Crippen molar-refractivity contribution in [3.05, 3.63) is 71.8 Å². The Labute approximate surface area is 163 Å². The molecule has 0 aromatic heterocycles. The molecule has 0 aliphatic carbocycles. The van der Waals surface area contributed by atoms with Gasteiger partial charge in [0.1, 0.15) is 0 Å². The van der Waals surface area contributed by atoms with Gasteiger partial charge in [0.2, 0.25) is 5.91 Å². The predicted octanol–water partition coefficient (Wildman–Crippen LogP) is 5.73. The number of unbranched alkanes of at least 4 members (excludes halogenated alkanes) is 4. The van der Waals surface area contributed by atoms with E-state index in [4.69, 9.17) is 0 Å². The van der Waals surface area contributed by atoms with Gasteiger partial charge in [-0.05, 0) is 42.7 Å². The number of amides is 1. The summed E-state index contributed by atoms with van der Waals surface area (Å²) >= 11 is 0. The summed E-state index contributed by atoms with van der Waals surface area (Å²) in [4.78, 5) is 12.2. The van der Waals surface area contributed by atoms with E-state index in [1.807, 2.05) is 18.2 Å². The molecule has 2 aromatic rings. The molecule has 1 amide bonds. The minimum absolute atomic E-state index is 0.0409. The Morgan fingerprint density at radius 3 is 2.22 bits per heavy atom. The van der Waals surface area contributed by atoms with Gasteiger partial charge in [-0.15, -0.1) is 0 Å². The number of nitrogens with zero attached hydrogens (tertiary/aromatic N) is 1. The fourth-order valence-corrected chi connectivity index (χ4v) is 4.12. The summed E-state index contributed by atoms with van der Waals surface area (Å²) in [5, 5.41) is 11.2. The van der Waals surface area contributed by atoms with E-state index < -0.39 is 0 Å². The summed E-state index contributed by atoms with van der Waals surface area (Å²) < 4.78 is 0. The lowest BCUT2D eigenvalue weighted by Gasteiger charge is -2.35. The minimum atomic E-state index is -0.136. The average Bonchev–Trinajstić information content (AvgIpc) is 2.71. The van der Waals surface area contributed by atoms with Crippen LogP contribution in [0.25, 0.3) is 0 Å². The second-order valence-corrected chi connectivity index (χ2v) is 7.73. The molecule has 1 heterocycles. The van der Waals surface area contributed by atoms with Gasteiger partial charge in [0, 0.05) is 6.42 Å². The highest BCUT2D eigenvalue weighted by Gasteiger charge is 2.33. The molecule has 0 radical (unpaired) electrons. The van der Waals surface area contributed by atoms with Gasteiger partial charge in [-0.1, -0.05) is 86.3 Å². The molecule has 3 heteroatoms. The van der Waals surface area contributed by atoms with E-state index in [2.05, 4.69) is 42.5 Å². The first kappa shape index (κ1) is 19.6. The van der Waals surface area contributed by atoms with Gasteiger partial charge >= 0.3 is 0 Å². The minimum Gasteiger partial charge on any atom is -0.286 e. The molecular formula is C24H31NO2. The molecule has 1 N–H and O–H groups in total. The number of rotatable bonds is 9. The van der Waals surface area contributed by atoms with Crippen LogP contribution < -0.4 is 0 Å². The summed E-state index contributed by atoms with van der Waals surface area (Å²) in [5.74, 6) is 0.0981. The molecular weight excluding hydrogens is 334 g/mol. The van der Waals surface area contributed by atoms with Crippen LogP contribution in [0.15, 0.2) is 60.7 Å². The molecule has 1 saturated heterocycles. The zero-order valence-electron chi connectivity index (χ0n) is 16.1. The van der Waals surface area contributed by atoms with Crippen molar-refractivity contribution in [1.29, 1.82) is 0 Å². The van der Waals surface area contributed by atoms with Crippen LogP contribution in [0.1, 0.15) is 68.4 Å². The van der Waals surface area contributed by atoms with Crippen LogP contribution in [0, 0.1) is 0 Å². The highest BCUT2D eigenvalue weighted by Crippen LogP contribution is 2.33. The Morgan fingerprint density at radius 2 is 1.48 bits per heavy atom. The van der Waals surface area contributed by atoms with Crippen molar-refractivity contribution in [1.82, 2.24) is 5.06 Å². The number of benzene rings is 2. The van der Waals surface area contributed by atoms with E-state index in [1.54, 1.807) is 0 Å². The molecule has 0 bridgehead atoms. The lowest BCUT2D eigenvalue weighted by Crippen LogP contribution is -2.43. The Bertz CT molecular complexity index is 686. The lowest BCUT2D eigenvalue weighted by molar-refractivity contribution is -0.184. The number of hydroxylamine groups is 2. The molecule has 0 spiro atoms. The van der Waals surface area contributed by atoms with Crippen LogP contribution in [0.5, 0.6) is 0 Å². The van der Waals surface area contributed by atoms with Gasteiger partial charge in [0.25, 0.3) is 0 Å². The number of aryl methyl sites for hydroxylation is 1. The van der Waals surface area contributed by atoms with Crippen LogP contribution in [0.4, 0.5) is 0 Å². The van der Waals surface area contributed by atoms with Crippen LogP contribution in [0.3, 0.4) is 0 Å². The number of hydrogen-bond donors (Lipinski definition) is 1. The van der Waals surface area contributed by atoms with Crippen molar-refractivity contribution in [2.45, 2.75) is 69.7 Å². The quantitative estimate of drug-likeness (QED) is 0.455. The first-order valence-electron chi connectivity index (χ1n) is 10.3. The summed E-state index contributed by atoms with van der Waals surface area (Å²) in [6.45, 7) is 0. The van der Waals surface area contributed by atoms with Crippen LogP contribution >= 0.6 is 0 Å². The van der Waals surface area contributed by atoms with Gasteiger partial charge in [-0.2, -0.15) is 0 Å². The molecule has 27 heavy (non-hydrogen) atoms.